The summed E-state index contributed by atoms with van der Waals surface area (Å²) in [6.45, 7) is 0. The number of carbonyl (C=O) groups is 2. The van der Waals surface area contributed by atoms with E-state index < -0.39 is 5.91 Å². The summed E-state index contributed by atoms with van der Waals surface area (Å²) in [7, 11) is 0. The van der Waals surface area contributed by atoms with Gasteiger partial charge in [-0.25, -0.2) is 4.98 Å². The second-order valence-corrected chi connectivity index (χ2v) is 5.20. The quantitative estimate of drug-likeness (QED) is 0.778. The van der Waals surface area contributed by atoms with Crippen LogP contribution in [0.3, 0.4) is 0 Å². The first-order valence-corrected chi connectivity index (χ1v) is 6.99. The van der Waals surface area contributed by atoms with Gasteiger partial charge in [-0.15, -0.1) is 11.3 Å². The Hall–Kier alpha value is -2.73. The Morgan fingerprint density at radius 2 is 2.10 bits per heavy atom. The minimum atomic E-state index is -0.616. The van der Waals surface area contributed by atoms with E-state index in [1.165, 1.54) is 11.3 Å². The van der Waals surface area contributed by atoms with E-state index in [4.69, 9.17) is 5.73 Å². The van der Waals surface area contributed by atoms with Crippen LogP contribution in [-0.2, 0) is 0 Å². The smallest absolute Gasteiger partial charge is 0.258 e. The minimum absolute atomic E-state index is 0.206. The highest BCUT2D eigenvalue weighted by atomic mass is 32.1. The molecule has 1 radical (unpaired) electrons. The number of hydrogen-bond acceptors (Lipinski definition) is 4. The molecule has 0 saturated carbocycles. The van der Waals surface area contributed by atoms with Crippen LogP contribution >= 0.6 is 11.3 Å². The Kier molecular flexibility index (Phi) is 3.37. The van der Waals surface area contributed by atoms with Gasteiger partial charge in [0.25, 0.3) is 5.91 Å². The molecular weight excluding hydrogens is 286 g/mol. The molecule has 0 atom stereocenters. The third-order valence-electron chi connectivity index (χ3n) is 2.93. The van der Waals surface area contributed by atoms with Crippen LogP contribution in [0.15, 0.2) is 41.9 Å². The van der Waals surface area contributed by atoms with E-state index in [1.807, 2.05) is 12.1 Å². The molecule has 0 unspecified atom stereocenters. The number of hydrogen-bond donors (Lipinski definition) is 2. The highest BCUT2D eigenvalue weighted by Gasteiger charge is 2.14. The number of aromatic nitrogens is 1. The van der Waals surface area contributed by atoms with Gasteiger partial charge in [0.15, 0.2) is 5.13 Å². The molecule has 103 valence electrons. The fourth-order valence-electron chi connectivity index (χ4n) is 2.01. The summed E-state index contributed by atoms with van der Waals surface area (Å²) in [6.07, 6.45) is 1.60. The van der Waals surface area contributed by atoms with Crippen molar-refractivity contribution in [2.45, 2.75) is 0 Å². The largest absolute Gasteiger partial charge is 0.366 e. The van der Waals surface area contributed by atoms with Gasteiger partial charge in [0.05, 0.1) is 5.56 Å². The van der Waals surface area contributed by atoms with Crippen molar-refractivity contribution in [3.8, 4) is 0 Å². The van der Waals surface area contributed by atoms with Crippen LogP contribution in [0, 0.1) is 6.07 Å². The zero-order valence-corrected chi connectivity index (χ0v) is 11.6. The van der Waals surface area contributed by atoms with Crippen LogP contribution < -0.4 is 11.1 Å². The predicted molar refractivity (Wildman–Crippen MR) is 81.4 cm³/mol. The molecule has 1 heterocycles. The lowest BCUT2D eigenvalue weighted by Gasteiger charge is -2.07. The highest BCUT2D eigenvalue weighted by Crippen LogP contribution is 2.21. The van der Waals surface area contributed by atoms with Gasteiger partial charge in [0, 0.05) is 23.2 Å². The fraction of sp³-hybridized carbons (Fsp3) is 0. The molecule has 3 rings (SSSR count). The Morgan fingerprint density at radius 3 is 2.81 bits per heavy atom. The molecule has 1 aromatic heterocycles. The number of rotatable bonds is 3. The lowest BCUT2D eigenvalue weighted by molar-refractivity contribution is 0.100. The number of amides is 2. The number of benzene rings is 2. The molecule has 21 heavy (non-hydrogen) atoms. The summed E-state index contributed by atoms with van der Waals surface area (Å²) in [5.41, 5.74) is 5.83. The lowest BCUT2D eigenvalue weighted by Crippen LogP contribution is -2.16. The molecule has 0 saturated heterocycles. The van der Waals surface area contributed by atoms with Crippen LogP contribution in [-0.4, -0.2) is 16.8 Å². The lowest BCUT2D eigenvalue weighted by atomic mass is 10.00. The maximum absolute atomic E-state index is 12.2. The number of thiazole rings is 1. The molecule has 5 nitrogen and oxygen atoms in total. The number of carbonyl (C=O) groups excluding carboxylic acids is 2. The number of primary amides is 1. The van der Waals surface area contributed by atoms with Crippen LogP contribution in [0.4, 0.5) is 5.13 Å². The topological polar surface area (TPSA) is 85.1 Å². The summed E-state index contributed by atoms with van der Waals surface area (Å²) in [5, 5.41) is 6.34. The summed E-state index contributed by atoms with van der Waals surface area (Å²) < 4.78 is 0. The fourth-order valence-corrected chi connectivity index (χ4v) is 2.53. The molecule has 0 spiro atoms. The van der Waals surface area contributed by atoms with Crippen molar-refractivity contribution >= 4 is 39.1 Å². The Bertz CT molecular complexity index is 828. The summed E-state index contributed by atoms with van der Waals surface area (Å²) in [5.74, 6) is -0.992. The van der Waals surface area contributed by atoms with E-state index in [9.17, 15) is 9.59 Å². The average Bonchev–Trinajstić information content (AvgIpc) is 2.98. The van der Waals surface area contributed by atoms with Gasteiger partial charge >= 0.3 is 0 Å². The Morgan fingerprint density at radius 1 is 1.29 bits per heavy atom. The van der Waals surface area contributed by atoms with Crippen LogP contribution in [0.2, 0.25) is 0 Å². The molecule has 0 bridgehead atoms. The van der Waals surface area contributed by atoms with Crippen LogP contribution in [0.5, 0.6) is 0 Å². The van der Waals surface area contributed by atoms with Crippen LogP contribution in [0.25, 0.3) is 10.8 Å². The first kappa shape index (κ1) is 13.3. The number of nitrogens with two attached hydrogens (primary N) is 1. The zero-order valence-electron chi connectivity index (χ0n) is 10.8. The van der Waals surface area contributed by atoms with Gasteiger partial charge in [-0.3, -0.25) is 14.9 Å². The molecule has 3 N–H and O–H groups in total. The second-order valence-electron chi connectivity index (χ2n) is 4.30. The van der Waals surface area contributed by atoms with Gasteiger partial charge in [-0.1, -0.05) is 24.3 Å². The summed E-state index contributed by atoms with van der Waals surface area (Å²) in [6, 6.07) is 11.7. The molecule has 6 heteroatoms. The summed E-state index contributed by atoms with van der Waals surface area (Å²) in [4.78, 5) is 27.7. The first-order chi connectivity index (χ1) is 10.1. The number of anilines is 1. The van der Waals surface area contributed by atoms with Gasteiger partial charge in [-0.2, -0.15) is 0 Å². The van der Waals surface area contributed by atoms with Crippen molar-refractivity contribution in [1.82, 2.24) is 4.98 Å². The van der Waals surface area contributed by atoms with Crippen molar-refractivity contribution in [3.63, 3.8) is 0 Å². The van der Waals surface area contributed by atoms with Crippen LogP contribution in [0.1, 0.15) is 20.7 Å². The van der Waals surface area contributed by atoms with E-state index >= 15 is 0 Å². The van der Waals surface area contributed by atoms with Gasteiger partial charge in [-0.05, 0) is 16.8 Å². The number of nitrogens with one attached hydrogen (secondary N) is 1. The second kappa shape index (κ2) is 5.34. The molecule has 2 amide bonds. The minimum Gasteiger partial charge on any atom is -0.366 e. The highest BCUT2D eigenvalue weighted by molar-refractivity contribution is 7.13. The third-order valence-corrected chi connectivity index (χ3v) is 3.62. The van der Waals surface area contributed by atoms with Crippen molar-refractivity contribution in [2.75, 3.05) is 5.32 Å². The molecule has 0 fully saturated rings. The maximum Gasteiger partial charge on any atom is 0.258 e. The average molecular weight is 296 g/mol. The SMILES string of the molecule is NC(=O)c1[c]c(C(=O)Nc2nccs2)cc2ccccc12. The standard InChI is InChI=1S/C15H10N3O2S/c16-13(19)12-8-10(7-9-3-1-2-4-11(9)12)14(20)18-15-17-5-6-21-15/h1-7H,(H2,16,19)(H,17,18,20). The summed E-state index contributed by atoms with van der Waals surface area (Å²) >= 11 is 1.31. The molecule has 0 aliphatic heterocycles. The normalized spacial score (nSPS) is 10.5. The molecule has 0 aliphatic rings. The Balaban J connectivity index is 2.06. The van der Waals surface area contributed by atoms with Crippen molar-refractivity contribution in [2.24, 2.45) is 5.73 Å². The van der Waals surface area contributed by atoms with E-state index in [0.717, 1.165) is 5.39 Å². The van der Waals surface area contributed by atoms with E-state index in [1.54, 1.807) is 29.8 Å². The molecule has 3 aromatic rings. The monoisotopic (exact) mass is 296 g/mol. The predicted octanol–water partition coefficient (Wildman–Crippen LogP) is 2.45. The van der Waals surface area contributed by atoms with Crippen molar-refractivity contribution in [1.29, 1.82) is 0 Å². The van der Waals surface area contributed by atoms with Crippen molar-refractivity contribution < 1.29 is 9.59 Å². The van der Waals surface area contributed by atoms with E-state index in [0.29, 0.717) is 10.5 Å². The van der Waals surface area contributed by atoms with Crippen molar-refractivity contribution in [3.05, 3.63) is 59.1 Å². The third kappa shape index (κ3) is 2.61. The van der Waals surface area contributed by atoms with E-state index in [2.05, 4.69) is 16.4 Å². The number of nitrogens with zero attached hydrogens (tertiary/aromatic N) is 1. The van der Waals surface area contributed by atoms with Gasteiger partial charge in [0.1, 0.15) is 0 Å². The molecule has 0 aliphatic carbocycles. The number of fused-ring (bicyclic) bond motifs is 1. The van der Waals surface area contributed by atoms with E-state index in [-0.39, 0.29) is 17.0 Å². The zero-order chi connectivity index (χ0) is 14.8. The molecule has 2 aromatic carbocycles. The Labute approximate surface area is 124 Å². The molecular formula is C15H10N3O2S. The van der Waals surface area contributed by atoms with Gasteiger partial charge in [0.2, 0.25) is 5.91 Å². The maximum atomic E-state index is 12.2. The van der Waals surface area contributed by atoms with Gasteiger partial charge < -0.3 is 5.73 Å². The first-order valence-electron chi connectivity index (χ1n) is 6.11.